The summed E-state index contributed by atoms with van der Waals surface area (Å²) in [6.45, 7) is 2.71. The predicted molar refractivity (Wildman–Crippen MR) is 81.4 cm³/mol. The topological polar surface area (TPSA) is 75.7 Å². The number of nitrogens with zero attached hydrogens (tertiary/aromatic N) is 1. The maximum absolute atomic E-state index is 12.3. The third kappa shape index (κ3) is 3.63. The molecule has 1 aromatic rings. The Balaban J connectivity index is 2.01. The molecule has 118 valence electrons. The van der Waals surface area contributed by atoms with E-state index in [2.05, 4.69) is 5.32 Å². The van der Waals surface area contributed by atoms with Gasteiger partial charge in [0.05, 0.1) is 18.4 Å². The summed E-state index contributed by atoms with van der Waals surface area (Å²) in [5.74, 6) is -0.724. The molecule has 1 aromatic carbocycles. The van der Waals surface area contributed by atoms with Crippen molar-refractivity contribution in [2.24, 2.45) is 5.92 Å². The predicted octanol–water partition coefficient (Wildman–Crippen LogP) is 1.67. The molecule has 1 aliphatic rings. The van der Waals surface area contributed by atoms with Gasteiger partial charge in [0.25, 0.3) is 0 Å². The van der Waals surface area contributed by atoms with E-state index >= 15 is 0 Å². The first-order chi connectivity index (χ1) is 10.5. The second-order valence-corrected chi connectivity index (χ2v) is 5.31. The highest BCUT2D eigenvalue weighted by Gasteiger charge is 2.26. The van der Waals surface area contributed by atoms with E-state index in [-0.39, 0.29) is 17.7 Å². The van der Waals surface area contributed by atoms with Crippen LogP contribution in [-0.4, -0.2) is 42.9 Å². The third-order valence-electron chi connectivity index (χ3n) is 3.90. The summed E-state index contributed by atoms with van der Waals surface area (Å²) in [5.41, 5.74) is 0.785. The number of carbonyl (C=O) groups is 3. The van der Waals surface area contributed by atoms with Gasteiger partial charge in [0, 0.05) is 25.9 Å². The van der Waals surface area contributed by atoms with Crippen LogP contribution in [0.15, 0.2) is 24.3 Å². The molecular formula is C16H20N2O4. The Morgan fingerprint density at radius 1 is 1.18 bits per heavy atom. The van der Waals surface area contributed by atoms with Crippen molar-refractivity contribution in [2.45, 2.75) is 19.8 Å². The SMILES string of the molecule is COC(=O)c1ccccc1NC(=O)C1CCN(C(C)=O)CC1. The minimum atomic E-state index is -0.484. The molecule has 6 heteroatoms. The monoisotopic (exact) mass is 304 g/mol. The van der Waals surface area contributed by atoms with Gasteiger partial charge in [-0.05, 0) is 25.0 Å². The molecule has 0 saturated carbocycles. The van der Waals surface area contributed by atoms with Crippen LogP contribution >= 0.6 is 0 Å². The van der Waals surface area contributed by atoms with Crippen LogP contribution in [-0.2, 0) is 14.3 Å². The molecule has 1 aliphatic heterocycles. The fraction of sp³-hybridized carbons (Fsp3) is 0.438. The van der Waals surface area contributed by atoms with Crippen molar-refractivity contribution in [1.29, 1.82) is 0 Å². The molecule has 0 bridgehead atoms. The maximum Gasteiger partial charge on any atom is 0.339 e. The zero-order valence-electron chi connectivity index (χ0n) is 12.8. The van der Waals surface area contributed by atoms with E-state index in [0.29, 0.717) is 37.2 Å². The fourth-order valence-electron chi connectivity index (χ4n) is 2.57. The number of likely N-dealkylation sites (tertiary alicyclic amines) is 1. The van der Waals surface area contributed by atoms with E-state index in [1.807, 2.05) is 0 Å². The van der Waals surface area contributed by atoms with Crippen LogP contribution in [0.25, 0.3) is 0 Å². The van der Waals surface area contributed by atoms with Gasteiger partial charge in [-0.3, -0.25) is 9.59 Å². The fourth-order valence-corrected chi connectivity index (χ4v) is 2.57. The van der Waals surface area contributed by atoms with Crippen molar-refractivity contribution >= 4 is 23.5 Å². The first kappa shape index (κ1) is 16.0. The average Bonchev–Trinajstić information content (AvgIpc) is 2.54. The first-order valence-electron chi connectivity index (χ1n) is 7.26. The minimum absolute atomic E-state index is 0.0369. The number of methoxy groups -OCH3 is 1. The molecule has 1 heterocycles. The van der Waals surface area contributed by atoms with Gasteiger partial charge >= 0.3 is 5.97 Å². The van der Waals surface area contributed by atoms with Gasteiger partial charge in [0.1, 0.15) is 0 Å². The number of hydrogen-bond donors (Lipinski definition) is 1. The molecule has 2 amide bonds. The number of nitrogens with one attached hydrogen (secondary N) is 1. The molecule has 6 nitrogen and oxygen atoms in total. The number of hydrogen-bond acceptors (Lipinski definition) is 4. The molecule has 1 fully saturated rings. The van der Waals surface area contributed by atoms with Crippen molar-refractivity contribution in [3.05, 3.63) is 29.8 Å². The Morgan fingerprint density at radius 2 is 1.82 bits per heavy atom. The second-order valence-electron chi connectivity index (χ2n) is 5.31. The average molecular weight is 304 g/mol. The highest BCUT2D eigenvalue weighted by Crippen LogP contribution is 2.21. The van der Waals surface area contributed by atoms with E-state index in [9.17, 15) is 14.4 Å². The normalized spacial score (nSPS) is 15.3. The number of anilines is 1. The van der Waals surface area contributed by atoms with Gasteiger partial charge in [-0.1, -0.05) is 12.1 Å². The van der Waals surface area contributed by atoms with Crippen LogP contribution < -0.4 is 5.32 Å². The van der Waals surface area contributed by atoms with Crippen LogP contribution in [0, 0.1) is 5.92 Å². The molecule has 0 unspecified atom stereocenters. The highest BCUT2D eigenvalue weighted by molar-refractivity contribution is 6.01. The van der Waals surface area contributed by atoms with Gasteiger partial charge in [0.15, 0.2) is 0 Å². The maximum atomic E-state index is 12.3. The number of esters is 1. The van der Waals surface area contributed by atoms with Crippen LogP contribution in [0.1, 0.15) is 30.1 Å². The Hall–Kier alpha value is -2.37. The number of carbonyl (C=O) groups excluding carboxylic acids is 3. The lowest BCUT2D eigenvalue weighted by molar-refractivity contribution is -0.132. The lowest BCUT2D eigenvalue weighted by Crippen LogP contribution is -2.40. The van der Waals surface area contributed by atoms with E-state index in [1.165, 1.54) is 14.0 Å². The molecular weight excluding hydrogens is 284 g/mol. The molecule has 1 saturated heterocycles. The van der Waals surface area contributed by atoms with Crippen LogP contribution in [0.3, 0.4) is 0 Å². The van der Waals surface area contributed by atoms with Crippen LogP contribution in [0.2, 0.25) is 0 Å². The molecule has 0 spiro atoms. The number of piperidine rings is 1. The summed E-state index contributed by atoms with van der Waals surface area (Å²) in [7, 11) is 1.30. The smallest absolute Gasteiger partial charge is 0.339 e. The molecule has 0 aliphatic carbocycles. The van der Waals surface area contributed by atoms with Gasteiger partial charge in [-0.15, -0.1) is 0 Å². The van der Waals surface area contributed by atoms with Crippen molar-refractivity contribution in [1.82, 2.24) is 4.90 Å². The number of amides is 2. The Labute approximate surface area is 129 Å². The van der Waals surface area contributed by atoms with Crippen molar-refractivity contribution in [2.75, 3.05) is 25.5 Å². The van der Waals surface area contributed by atoms with E-state index in [0.717, 1.165) is 0 Å². The van der Waals surface area contributed by atoms with E-state index in [4.69, 9.17) is 4.74 Å². The summed E-state index contributed by atoms with van der Waals surface area (Å²) in [6.07, 6.45) is 1.26. The van der Waals surface area contributed by atoms with Crippen molar-refractivity contribution in [3.63, 3.8) is 0 Å². The molecule has 1 N–H and O–H groups in total. The van der Waals surface area contributed by atoms with Gasteiger partial charge < -0.3 is 15.0 Å². The molecule has 22 heavy (non-hydrogen) atoms. The molecule has 0 radical (unpaired) electrons. The third-order valence-corrected chi connectivity index (χ3v) is 3.90. The van der Waals surface area contributed by atoms with Gasteiger partial charge in [-0.25, -0.2) is 4.79 Å². The Morgan fingerprint density at radius 3 is 2.41 bits per heavy atom. The molecule has 0 aromatic heterocycles. The Kier molecular flexibility index (Phi) is 5.14. The number of benzene rings is 1. The summed E-state index contributed by atoms with van der Waals surface area (Å²) in [5, 5.41) is 2.80. The molecule has 0 atom stereocenters. The lowest BCUT2D eigenvalue weighted by atomic mass is 9.95. The quantitative estimate of drug-likeness (QED) is 0.862. The zero-order chi connectivity index (χ0) is 16.1. The molecule has 2 rings (SSSR count). The van der Waals surface area contributed by atoms with Gasteiger partial charge in [-0.2, -0.15) is 0 Å². The van der Waals surface area contributed by atoms with Crippen LogP contribution in [0.4, 0.5) is 5.69 Å². The lowest BCUT2D eigenvalue weighted by Gasteiger charge is -2.30. The summed E-state index contributed by atoms with van der Waals surface area (Å²) in [6, 6.07) is 6.75. The Bertz CT molecular complexity index is 577. The second kappa shape index (κ2) is 7.06. The summed E-state index contributed by atoms with van der Waals surface area (Å²) in [4.78, 5) is 37.1. The number of para-hydroxylation sites is 1. The summed E-state index contributed by atoms with van der Waals surface area (Å²) >= 11 is 0. The van der Waals surface area contributed by atoms with Crippen LogP contribution in [0.5, 0.6) is 0 Å². The van der Waals surface area contributed by atoms with Crippen molar-refractivity contribution in [3.8, 4) is 0 Å². The zero-order valence-corrected chi connectivity index (χ0v) is 12.8. The number of rotatable bonds is 3. The van der Waals surface area contributed by atoms with E-state index < -0.39 is 5.97 Å². The number of ether oxygens (including phenoxy) is 1. The first-order valence-corrected chi connectivity index (χ1v) is 7.26. The highest BCUT2D eigenvalue weighted by atomic mass is 16.5. The van der Waals surface area contributed by atoms with Gasteiger partial charge in [0.2, 0.25) is 11.8 Å². The largest absolute Gasteiger partial charge is 0.465 e. The summed E-state index contributed by atoms with van der Waals surface area (Å²) < 4.78 is 4.71. The standard InChI is InChI=1S/C16H20N2O4/c1-11(19)18-9-7-12(8-10-18)15(20)17-14-6-4-3-5-13(14)16(21)22-2/h3-6,12H,7-10H2,1-2H3,(H,17,20). The minimum Gasteiger partial charge on any atom is -0.465 e. The van der Waals surface area contributed by atoms with Crippen molar-refractivity contribution < 1.29 is 19.1 Å². The van der Waals surface area contributed by atoms with E-state index in [1.54, 1.807) is 29.2 Å².